The molecule has 134 valence electrons. The van der Waals surface area contributed by atoms with Crippen LogP contribution in [0.5, 0.6) is 0 Å². The van der Waals surface area contributed by atoms with E-state index in [1.54, 1.807) is 10.9 Å². The highest BCUT2D eigenvalue weighted by atomic mass is 16.5. The van der Waals surface area contributed by atoms with Crippen LogP contribution in [0.15, 0.2) is 22.8 Å². The van der Waals surface area contributed by atoms with E-state index in [1.807, 2.05) is 19.2 Å². The van der Waals surface area contributed by atoms with Crippen LogP contribution in [0.25, 0.3) is 0 Å². The van der Waals surface area contributed by atoms with Gasteiger partial charge in [0.25, 0.3) is 0 Å². The second-order valence-corrected chi connectivity index (χ2v) is 6.83. The van der Waals surface area contributed by atoms with Gasteiger partial charge in [-0.1, -0.05) is 0 Å². The van der Waals surface area contributed by atoms with Gasteiger partial charge in [0.15, 0.2) is 0 Å². The number of amides is 2. The highest BCUT2D eigenvalue weighted by Crippen LogP contribution is 2.30. The number of hydrogen-bond acceptors (Lipinski definition) is 4. The number of aryl methyl sites for hydroxylation is 2. The van der Waals surface area contributed by atoms with Crippen molar-refractivity contribution in [2.45, 2.75) is 44.1 Å². The Hall–Kier alpha value is -2.28. The summed E-state index contributed by atoms with van der Waals surface area (Å²) < 4.78 is 12.7. The van der Waals surface area contributed by atoms with Gasteiger partial charge < -0.3 is 14.5 Å². The maximum absolute atomic E-state index is 12.4. The van der Waals surface area contributed by atoms with Crippen molar-refractivity contribution in [1.82, 2.24) is 15.1 Å². The lowest BCUT2D eigenvalue weighted by Crippen LogP contribution is -2.34. The summed E-state index contributed by atoms with van der Waals surface area (Å²) in [6.07, 6.45) is 6.71. The molecule has 25 heavy (non-hydrogen) atoms. The molecule has 3 heterocycles. The van der Waals surface area contributed by atoms with Gasteiger partial charge in [-0.3, -0.25) is 10.00 Å². The zero-order valence-electron chi connectivity index (χ0n) is 14.5. The number of carbonyl (C=O) groups is 1. The van der Waals surface area contributed by atoms with Crippen LogP contribution in [0.4, 0.5) is 10.6 Å². The van der Waals surface area contributed by atoms with Crippen LogP contribution in [0, 0.1) is 0 Å². The summed E-state index contributed by atoms with van der Waals surface area (Å²) in [5.41, 5.74) is 2.07. The Bertz CT molecular complexity index is 745. The molecule has 2 aromatic rings. The molecule has 0 spiro atoms. The second-order valence-electron chi connectivity index (χ2n) is 6.83. The van der Waals surface area contributed by atoms with Crippen LogP contribution in [0.3, 0.4) is 0 Å². The van der Waals surface area contributed by atoms with Crippen LogP contribution in [0.1, 0.15) is 54.7 Å². The highest BCUT2D eigenvalue weighted by Gasteiger charge is 2.25. The normalized spacial score (nSPS) is 23.1. The predicted octanol–water partition coefficient (Wildman–Crippen LogP) is 3.11. The maximum atomic E-state index is 12.4. The van der Waals surface area contributed by atoms with Crippen LogP contribution in [0.2, 0.25) is 0 Å². The minimum atomic E-state index is -0.214. The first-order chi connectivity index (χ1) is 12.2. The number of anilines is 1. The Kier molecular flexibility index (Phi) is 4.48. The van der Waals surface area contributed by atoms with Gasteiger partial charge in [-0.15, -0.1) is 0 Å². The number of urea groups is 1. The second kappa shape index (κ2) is 6.92. The molecule has 7 nitrogen and oxygen atoms in total. The van der Waals surface area contributed by atoms with Crippen molar-refractivity contribution in [3.63, 3.8) is 0 Å². The molecule has 0 saturated carbocycles. The molecule has 0 radical (unpaired) electrons. The van der Waals surface area contributed by atoms with E-state index in [2.05, 4.69) is 15.7 Å². The Labute approximate surface area is 146 Å². The Balaban J connectivity index is 1.41. The van der Waals surface area contributed by atoms with E-state index in [-0.39, 0.29) is 12.1 Å². The van der Waals surface area contributed by atoms with Crippen LogP contribution < -0.4 is 10.6 Å². The fraction of sp³-hybridized carbons (Fsp3) is 0.556. The molecule has 2 aromatic heterocycles. The molecule has 1 saturated heterocycles. The molecule has 2 aliphatic rings. The van der Waals surface area contributed by atoms with Crippen molar-refractivity contribution in [3.05, 3.63) is 35.4 Å². The minimum absolute atomic E-state index is 0.00180. The number of rotatable bonds is 3. The lowest BCUT2D eigenvalue weighted by atomic mass is 9.93. The largest absolute Gasteiger partial charge is 0.469 e. The number of ether oxygens (including phenoxy) is 1. The summed E-state index contributed by atoms with van der Waals surface area (Å²) in [7, 11) is 1.84. The molecular formula is C18H24N4O3. The van der Waals surface area contributed by atoms with Crippen molar-refractivity contribution in [3.8, 4) is 0 Å². The average molecular weight is 344 g/mol. The van der Waals surface area contributed by atoms with Crippen molar-refractivity contribution in [2.24, 2.45) is 7.05 Å². The summed E-state index contributed by atoms with van der Waals surface area (Å²) in [6.45, 7) is 1.53. The number of carbonyl (C=O) groups excluding carboxylic acids is 1. The number of aromatic nitrogens is 2. The third-order valence-corrected chi connectivity index (χ3v) is 5.08. The first kappa shape index (κ1) is 16.2. The molecule has 2 amide bonds. The summed E-state index contributed by atoms with van der Waals surface area (Å²) in [6, 6.07) is 3.68. The first-order valence-electron chi connectivity index (χ1n) is 8.96. The van der Waals surface area contributed by atoms with E-state index < -0.39 is 0 Å². The van der Waals surface area contributed by atoms with E-state index in [4.69, 9.17) is 9.15 Å². The van der Waals surface area contributed by atoms with E-state index in [9.17, 15) is 4.79 Å². The highest BCUT2D eigenvalue weighted by molar-refractivity contribution is 5.88. The Morgan fingerprint density at radius 2 is 2.28 bits per heavy atom. The Morgan fingerprint density at radius 3 is 3.12 bits per heavy atom. The molecule has 0 unspecified atom stereocenters. The van der Waals surface area contributed by atoms with E-state index >= 15 is 0 Å². The fourth-order valence-electron chi connectivity index (χ4n) is 3.73. The van der Waals surface area contributed by atoms with Crippen molar-refractivity contribution in [1.29, 1.82) is 0 Å². The smallest absolute Gasteiger partial charge is 0.320 e. The molecular weight excluding hydrogens is 320 g/mol. The minimum Gasteiger partial charge on any atom is -0.469 e. The van der Waals surface area contributed by atoms with Crippen LogP contribution in [-0.4, -0.2) is 29.0 Å². The standard InChI is InChI=1S/C18H24N4O3/c1-22-17(10-15(21-22)12-4-3-8-24-11-12)20-18(23)19-14-5-2-6-16-13(14)7-9-25-16/h7,9-10,12,14H,2-6,8,11H2,1H3,(H2,19,20,23)/t12-,14+/m0/s1. The number of hydrogen-bond donors (Lipinski definition) is 2. The van der Waals surface area contributed by atoms with Gasteiger partial charge in [0.2, 0.25) is 0 Å². The molecule has 7 heteroatoms. The van der Waals surface area contributed by atoms with Gasteiger partial charge >= 0.3 is 6.03 Å². The Morgan fingerprint density at radius 1 is 1.36 bits per heavy atom. The average Bonchev–Trinajstić information content (AvgIpc) is 3.23. The topological polar surface area (TPSA) is 81.3 Å². The van der Waals surface area contributed by atoms with Gasteiger partial charge in [0, 0.05) is 37.6 Å². The van der Waals surface area contributed by atoms with Crippen LogP contribution >= 0.6 is 0 Å². The van der Waals surface area contributed by atoms with Gasteiger partial charge in [-0.25, -0.2) is 4.79 Å². The monoisotopic (exact) mass is 344 g/mol. The summed E-state index contributed by atoms with van der Waals surface area (Å²) in [4.78, 5) is 12.4. The molecule has 2 N–H and O–H groups in total. The third-order valence-electron chi connectivity index (χ3n) is 5.08. The molecule has 1 fully saturated rings. The van der Waals surface area contributed by atoms with Gasteiger partial charge in [0.05, 0.1) is 24.6 Å². The third kappa shape index (κ3) is 3.42. The quantitative estimate of drug-likeness (QED) is 0.896. The predicted molar refractivity (Wildman–Crippen MR) is 92.5 cm³/mol. The van der Waals surface area contributed by atoms with Crippen LogP contribution in [-0.2, 0) is 18.2 Å². The lowest BCUT2D eigenvalue weighted by molar-refractivity contribution is 0.0791. The maximum Gasteiger partial charge on any atom is 0.320 e. The molecule has 1 aliphatic heterocycles. The van der Waals surface area contributed by atoms with E-state index in [1.165, 1.54) is 0 Å². The number of fused-ring (bicyclic) bond motifs is 1. The number of furan rings is 1. The van der Waals surface area contributed by atoms with Gasteiger partial charge in [-0.2, -0.15) is 5.10 Å². The molecule has 2 atom stereocenters. The summed E-state index contributed by atoms with van der Waals surface area (Å²) >= 11 is 0. The molecule has 1 aliphatic carbocycles. The zero-order valence-corrected chi connectivity index (χ0v) is 14.5. The van der Waals surface area contributed by atoms with Gasteiger partial charge in [0.1, 0.15) is 11.6 Å². The molecule has 0 bridgehead atoms. The van der Waals surface area contributed by atoms with Crippen molar-refractivity contribution < 1.29 is 13.9 Å². The summed E-state index contributed by atoms with van der Waals surface area (Å²) in [5, 5.41) is 10.5. The fourth-order valence-corrected chi connectivity index (χ4v) is 3.73. The van der Waals surface area contributed by atoms with E-state index in [0.717, 1.165) is 55.7 Å². The van der Waals surface area contributed by atoms with Gasteiger partial charge in [-0.05, 0) is 31.7 Å². The van der Waals surface area contributed by atoms with E-state index in [0.29, 0.717) is 18.3 Å². The summed E-state index contributed by atoms with van der Waals surface area (Å²) in [5.74, 6) is 1.99. The SMILES string of the molecule is Cn1nc([C@H]2CCCOC2)cc1NC(=O)N[C@@H]1CCCc2occc21. The van der Waals surface area contributed by atoms with Crippen molar-refractivity contribution in [2.75, 3.05) is 18.5 Å². The molecule has 4 rings (SSSR count). The number of nitrogens with zero attached hydrogens (tertiary/aromatic N) is 2. The first-order valence-corrected chi connectivity index (χ1v) is 8.96. The zero-order chi connectivity index (χ0) is 17.2. The van der Waals surface area contributed by atoms with Crippen molar-refractivity contribution >= 4 is 11.8 Å². The number of nitrogens with one attached hydrogen (secondary N) is 2. The lowest BCUT2D eigenvalue weighted by Gasteiger charge is -2.22. The molecule has 0 aromatic carbocycles.